The van der Waals surface area contributed by atoms with Gasteiger partial charge in [0.2, 0.25) is 0 Å². The van der Waals surface area contributed by atoms with Crippen molar-refractivity contribution in [2.75, 3.05) is 31.8 Å². The molecule has 1 aromatic rings. The van der Waals surface area contributed by atoms with Crippen LogP contribution in [0.5, 0.6) is 0 Å². The van der Waals surface area contributed by atoms with Gasteiger partial charge in [0.25, 0.3) is 5.91 Å². The summed E-state index contributed by atoms with van der Waals surface area (Å²) in [6.45, 7) is 3.37. The smallest absolute Gasteiger partial charge is 0.264 e. The van der Waals surface area contributed by atoms with Crippen molar-refractivity contribution >= 4 is 27.1 Å². The lowest BCUT2D eigenvalue weighted by atomic mass is 9.90. The number of fused-ring (bicyclic) bond motifs is 1. The number of sulfone groups is 1. The van der Waals surface area contributed by atoms with Crippen LogP contribution in [0.1, 0.15) is 46.3 Å². The fourth-order valence-corrected chi connectivity index (χ4v) is 6.70. The number of amides is 1. The van der Waals surface area contributed by atoms with Gasteiger partial charge in [0.1, 0.15) is 0 Å². The summed E-state index contributed by atoms with van der Waals surface area (Å²) in [5, 5.41) is 0. The van der Waals surface area contributed by atoms with Gasteiger partial charge in [-0.3, -0.25) is 4.79 Å². The minimum Gasteiger partial charge on any atom is -0.385 e. The Morgan fingerprint density at radius 1 is 1.40 bits per heavy atom. The first kappa shape index (κ1) is 18.9. The van der Waals surface area contributed by atoms with E-state index in [1.54, 1.807) is 23.3 Å². The van der Waals surface area contributed by atoms with Gasteiger partial charge in [-0.2, -0.15) is 0 Å². The zero-order valence-electron chi connectivity index (χ0n) is 15.0. The summed E-state index contributed by atoms with van der Waals surface area (Å²) in [7, 11) is -1.38. The van der Waals surface area contributed by atoms with Crippen LogP contribution >= 0.6 is 11.3 Å². The molecule has 140 valence electrons. The van der Waals surface area contributed by atoms with E-state index < -0.39 is 9.84 Å². The molecule has 1 saturated heterocycles. The molecule has 1 aliphatic heterocycles. The molecule has 0 saturated carbocycles. The number of hydrogen-bond acceptors (Lipinski definition) is 5. The van der Waals surface area contributed by atoms with E-state index in [-0.39, 0.29) is 23.5 Å². The van der Waals surface area contributed by atoms with E-state index in [0.717, 1.165) is 24.1 Å². The number of carbonyl (C=O) groups excluding carboxylic acids is 1. The van der Waals surface area contributed by atoms with Gasteiger partial charge in [-0.1, -0.05) is 6.92 Å². The number of ether oxygens (including phenoxy) is 1. The van der Waals surface area contributed by atoms with Gasteiger partial charge in [-0.15, -0.1) is 11.3 Å². The monoisotopic (exact) mass is 385 g/mol. The predicted octanol–water partition coefficient (Wildman–Crippen LogP) is 2.54. The molecule has 1 aliphatic carbocycles. The SMILES string of the molecule is COCCCN(C(=O)c1cc2c(s1)CCC(C)C2)C1CCS(=O)(=O)C1. The van der Waals surface area contributed by atoms with Crippen LogP contribution in [-0.2, 0) is 27.4 Å². The van der Waals surface area contributed by atoms with Crippen LogP contribution in [0, 0.1) is 5.92 Å². The molecule has 2 atom stereocenters. The van der Waals surface area contributed by atoms with Crippen molar-refractivity contribution in [3.63, 3.8) is 0 Å². The molecule has 1 amide bonds. The summed E-state index contributed by atoms with van der Waals surface area (Å²) in [6.07, 6.45) is 4.54. The van der Waals surface area contributed by atoms with Gasteiger partial charge in [-0.05, 0) is 49.7 Å². The van der Waals surface area contributed by atoms with E-state index in [4.69, 9.17) is 4.74 Å². The summed E-state index contributed by atoms with van der Waals surface area (Å²) in [6, 6.07) is 1.84. The third-order valence-corrected chi connectivity index (χ3v) is 8.17. The quantitative estimate of drug-likeness (QED) is 0.706. The zero-order valence-corrected chi connectivity index (χ0v) is 16.6. The van der Waals surface area contributed by atoms with Crippen LogP contribution in [0.4, 0.5) is 0 Å². The van der Waals surface area contributed by atoms with Gasteiger partial charge in [0.05, 0.1) is 16.4 Å². The predicted molar refractivity (Wildman–Crippen MR) is 100 cm³/mol. The number of carbonyl (C=O) groups is 1. The molecule has 0 radical (unpaired) electrons. The molecule has 3 rings (SSSR count). The molecule has 0 bridgehead atoms. The number of thiophene rings is 1. The maximum atomic E-state index is 13.1. The molecule has 2 heterocycles. The van der Waals surface area contributed by atoms with Crippen LogP contribution in [0.25, 0.3) is 0 Å². The average molecular weight is 386 g/mol. The highest BCUT2D eigenvalue weighted by Gasteiger charge is 2.35. The first-order chi connectivity index (χ1) is 11.9. The highest BCUT2D eigenvalue weighted by molar-refractivity contribution is 7.91. The summed E-state index contributed by atoms with van der Waals surface area (Å²) < 4.78 is 28.8. The van der Waals surface area contributed by atoms with Crippen molar-refractivity contribution in [3.05, 3.63) is 21.4 Å². The third-order valence-electron chi connectivity index (χ3n) is 5.20. The Labute approximate surface area is 154 Å². The van der Waals surface area contributed by atoms with Crippen molar-refractivity contribution in [2.45, 2.75) is 45.1 Å². The molecule has 2 unspecified atom stereocenters. The highest BCUT2D eigenvalue weighted by atomic mass is 32.2. The van der Waals surface area contributed by atoms with Gasteiger partial charge >= 0.3 is 0 Å². The first-order valence-corrected chi connectivity index (χ1v) is 11.7. The maximum Gasteiger partial charge on any atom is 0.264 e. The molecule has 2 aliphatic rings. The molecule has 7 heteroatoms. The van der Waals surface area contributed by atoms with E-state index in [1.807, 2.05) is 6.07 Å². The fourth-order valence-electron chi connectivity index (χ4n) is 3.80. The van der Waals surface area contributed by atoms with E-state index in [2.05, 4.69) is 6.92 Å². The van der Waals surface area contributed by atoms with Crippen molar-refractivity contribution in [2.24, 2.45) is 5.92 Å². The highest BCUT2D eigenvalue weighted by Crippen LogP contribution is 2.33. The van der Waals surface area contributed by atoms with Crippen molar-refractivity contribution in [1.29, 1.82) is 0 Å². The van der Waals surface area contributed by atoms with Gasteiger partial charge in [-0.25, -0.2) is 8.42 Å². The topological polar surface area (TPSA) is 63.7 Å². The molecule has 0 spiro atoms. The number of nitrogens with zero attached hydrogens (tertiary/aromatic N) is 1. The van der Waals surface area contributed by atoms with Gasteiger partial charge in [0, 0.05) is 31.2 Å². The Kier molecular flexibility index (Phi) is 5.85. The van der Waals surface area contributed by atoms with E-state index in [9.17, 15) is 13.2 Å². The Hall–Kier alpha value is -0.920. The largest absolute Gasteiger partial charge is 0.385 e. The van der Waals surface area contributed by atoms with Gasteiger partial charge in [0.15, 0.2) is 9.84 Å². The molecule has 1 fully saturated rings. The molecule has 5 nitrogen and oxygen atoms in total. The number of hydrogen-bond donors (Lipinski definition) is 0. The van der Waals surface area contributed by atoms with E-state index in [1.165, 1.54) is 16.9 Å². The first-order valence-electron chi connectivity index (χ1n) is 9.01. The molecular weight excluding hydrogens is 358 g/mol. The Balaban J connectivity index is 1.79. The lowest BCUT2D eigenvalue weighted by Gasteiger charge is -2.27. The number of methoxy groups -OCH3 is 1. The Morgan fingerprint density at radius 2 is 2.20 bits per heavy atom. The molecule has 25 heavy (non-hydrogen) atoms. The van der Waals surface area contributed by atoms with Crippen LogP contribution in [-0.4, -0.2) is 57.0 Å². The number of rotatable bonds is 6. The maximum absolute atomic E-state index is 13.1. The normalized spacial score (nSPS) is 24.9. The van der Waals surface area contributed by atoms with Crippen LogP contribution in [0.2, 0.25) is 0 Å². The lowest BCUT2D eigenvalue weighted by molar-refractivity contribution is 0.0679. The summed E-state index contributed by atoms with van der Waals surface area (Å²) in [5.41, 5.74) is 1.31. The van der Waals surface area contributed by atoms with Crippen LogP contribution in [0.15, 0.2) is 6.07 Å². The second-order valence-corrected chi connectivity index (χ2v) is 10.7. The summed E-state index contributed by atoms with van der Waals surface area (Å²) in [4.78, 5) is 17.0. The van der Waals surface area contributed by atoms with Crippen LogP contribution < -0.4 is 0 Å². The summed E-state index contributed by atoms with van der Waals surface area (Å²) in [5.74, 6) is 0.936. The van der Waals surface area contributed by atoms with Crippen molar-refractivity contribution in [1.82, 2.24) is 4.90 Å². The molecular formula is C18H27NO4S2. The van der Waals surface area contributed by atoms with E-state index >= 15 is 0 Å². The van der Waals surface area contributed by atoms with E-state index in [0.29, 0.717) is 25.5 Å². The van der Waals surface area contributed by atoms with Gasteiger partial charge < -0.3 is 9.64 Å². The number of aryl methyl sites for hydroxylation is 1. The average Bonchev–Trinajstić information content (AvgIpc) is 3.13. The Bertz CT molecular complexity index is 725. The van der Waals surface area contributed by atoms with Crippen molar-refractivity contribution < 1.29 is 17.9 Å². The minimum atomic E-state index is -3.02. The lowest BCUT2D eigenvalue weighted by Crippen LogP contribution is -2.41. The Morgan fingerprint density at radius 3 is 2.88 bits per heavy atom. The standard InChI is InChI=1S/C18H27NO4S2/c1-13-4-5-16-14(10-13)11-17(24-16)18(20)19(7-3-8-23-2)15-6-9-25(21,22)12-15/h11,13,15H,3-10,12H2,1-2H3. The fraction of sp³-hybridized carbons (Fsp3) is 0.722. The minimum absolute atomic E-state index is 0.00902. The second kappa shape index (κ2) is 7.76. The second-order valence-electron chi connectivity index (χ2n) is 7.31. The van der Waals surface area contributed by atoms with Crippen LogP contribution in [0.3, 0.4) is 0 Å². The summed E-state index contributed by atoms with van der Waals surface area (Å²) >= 11 is 1.60. The third kappa shape index (κ3) is 4.44. The molecule has 0 N–H and O–H groups in total. The van der Waals surface area contributed by atoms with Crippen molar-refractivity contribution in [3.8, 4) is 0 Å². The zero-order chi connectivity index (χ0) is 18.0. The molecule has 0 aromatic carbocycles. The molecule has 1 aromatic heterocycles.